The van der Waals surface area contributed by atoms with Gasteiger partial charge in [0.15, 0.2) is 0 Å². The molecule has 5 nitrogen and oxygen atoms in total. The number of carbonyl (C=O) groups excluding carboxylic acids is 1. The number of rotatable bonds is 4. The highest BCUT2D eigenvalue weighted by Gasteiger charge is 2.39. The topological polar surface area (TPSA) is 54.5 Å². The van der Waals surface area contributed by atoms with E-state index in [2.05, 4.69) is 15.2 Å². The minimum Gasteiger partial charge on any atom is -0.494 e. The second kappa shape index (κ2) is 9.92. The normalized spacial score (nSPS) is 20.7. The zero-order chi connectivity index (χ0) is 18.1. The van der Waals surface area contributed by atoms with Crippen molar-refractivity contribution in [1.82, 2.24) is 15.2 Å². The van der Waals surface area contributed by atoms with Crippen molar-refractivity contribution in [2.45, 2.75) is 45.2 Å². The Balaban J connectivity index is 0.00000140. The van der Waals surface area contributed by atoms with E-state index in [9.17, 15) is 4.79 Å². The first-order valence-electron chi connectivity index (χ1n) is 9.41. The molecule has 2 fully saturated rings. The summed E-state index contributed by atoms with van der Waals surface area (Å²) in [7, 11) is 0. The Hall–Kier alpha value is -1.34. The summed E-state index contributed by atoms with van der Waals surface area (Å²) in [6.07, 6.45) is 3.28. The molecule has 154 valence electrons. The summed E-state index contributed by atoms with van der Waals surface area (Å²) in [4.78, 5) is 20.9. The third-order valence-electron chi connectivity index (χ3n) is 5.29. The van der Waals surface area contributed by atoms with Crippen LogP contribution in [0.1, 0.15) is 41.6 Å². The van der Waals surface area contributed by atoms with E-state index < -0.39 is 0 Å². The smallest absolute Gasteiger partial charge is 0.266 e. The Morgan fingerprint density at radius 2 is 1.93 bits per heavy atom. The highest BCUT2D eigenvalue weighted by Crippen LogP contribution is 2.34. The van der Waals surface area contributed by atoms with E-state index in [0.717, 1.165) is 59.2 Å². The number of nitrogens with zero attached hydrogens (tertiary/aromatic N) is 2. The Morgan fingerprint density at radius 3 is 2.64 bits per heavy atom. The van der Waals surface area contributed by atoms with Crippen LogP contribution in [-0.2, 0) is 0 Å². The quantitative estimate of drug-likeness (QED) is 0.763. The summed E-state index contributed by atoms with van der Waals surface area (Å²) in [6, 6.07) is 8.63. The average Bonchev–Trinajstić information content (AvgIpc) is 3.14. The number of halogens is 2. The van der Waals surface area contributed by atoms with Gasteiger partial charge in [-0.05, 0) is 63.9 Å². The van der Waals surface area contributed by atoms with Crippen LogP contribution in [0.5, 0.6) is 5.75 Å². The molecule has 2 aliphatic heterocycles. The first-order valence-corrected chi connectivity index (χ1v) is 10.2. The predicted octanol–water partition coefficient (Wildman–Crippen LogP) is 4.33. The number of hydrogen-bond donors (Lipinski definition) is 1. The highest BCUT2D eigenvalue weighted by molar-refractivity contribution is 7.17. The molecule has 0 saturated carbocycles. The Morgan fingerprint density at radius 1 is 1.21 bits per heavy atom. The molecule has 1 N–H and O–H groups in total. The molecule has 0 spiro atoms. The molecule has 0 aliphatic carbocycles. The molecule has 1 aromatic carbocycles. The van der Waals surface area contributed by atoms with E-state index in [1.165, 1.54) is 11.3 Å². The molecule has 8 heteroatoms. The lowest BCUT2D eigenvalue weighted by atomic mass is 10.1. The number of fused-ring (bicyclic) bond motifs is 2. The third-order valence-corrected chi connectivity index (χ3v) is 6.49. The van der Waals surface area contributed by atoms with Crippen molar-refractivity contribution in [3.63, 3.8) is 0 Å². The van der Waals surface area contributed by atoms with Crippen LogP contribution in [0.25, 0.3) is 10.6 Å². The van der Waals surface area contributed by atoms with Crippen molar-refractivity contribution in [3.05, 3.63) is 34.8 Å². The van der Waals surface area contributed by atoms with Crippen LogP contribution in [0.15, 0.2) is 24.3 Å². The summed E-state index contributed by atoms with van der Waals surface area (Å²) < 4.78 is 5.50. The molecule has 2 saturated heterocycles. The van der Waals surface area contributed by atoms with E-state index in [4.69, 9.17) is 4.74 Å². The number of carbonyl (C=O) groups is 1. The van der Waals surface area contributed by atoms with Gasteiger partial charge in [-0.25, -0.2) is 4.98 Å². The van der Waals surface area contributed by atoms with Gasteiger partial charge in [-0.2, -0.15) is 0 Å². The second-order valence-corrected chi connectivity index (χ2v) is 7.98. The van der Waals surface area contributed by atoms with Gasteiger partial charge in [0.05, 0.1) is 12.3 Å². The summed E-state index contributed by atoms with van der Waals surface area (Å²) in [5.74, 6) is 1.02. The lowest BCUT2D eigenvalue weighted by Gasteiger charge is -2.27. The number of aromatic nitrogens is 1. The zero-order valence-electron chi connectivity index (χ0n) is 16.1. The minimum atomic E-state index is 0. The monoisotopic (exact) mass is 443 g/mol. The standard InChI is InChI=1S/C20H25N3O2S.2ClH/c1-3-25-17-8-4-14(5-9-17)19-22-13(2)18(26-19)20(24)23-15-6-7-16(23)12-21-11-10-15;;/h4-5,8-9,15-16,21H,3,6-7,10-12H2,1-2H3;2*1H. The second-order valence-electron chi connectivity index (χ2n) is 6.98. The zero-order valence-corrected chi connectivity index (χ0v) is 18.6. The van der Waals surface area contributed by atoms with Gasteiger partial charge in [-0.3, -0.25) is 4.79 Å². The van der Waals surface area contributed by atoms with Gasteiger partial charge in [0.1, 0.15) is 15.6 Å². The third kappa shape index (κ3) is 4.46. The SMILES string of the molecule is CCOc1ccc(-c2nc(C)c(C(=O)N3C4CCNCC3CC4)s2)cc1.Cl.Cl. The Bertz CT molecular complexity index is 783. The molecule has 1 aromatic heterocycles. The maximum Gasteiger partial charge on any atom is 0.266 e. The number of amides is 1. The number of hydrogen-bond acceptors (Lipinski definition) is 5. The van der Waals surface area contributed by atoms with Crippen LogP contribution in [0.2, 0.25) is 0 Å². The lowest BCUT2D eigenvalue weighted by Crippen LogP contribution is -2.42. The number of nitrogens with one attached hydrogen (secondary N) is 1. The molecule has 2 unspecified atom stereocenters. The molecule has 2 bridgehead atoms. The van der Waals surface area contributed by atoms with E-state index in [1.807, 2.05) is 38.1 Å². The van der Waals surface area contributed by atoms with Crippen molar-refractivity contribution < 1.29 is 9.53 Å². The maximum absolute atomic E-state index is 13.3. The number of aryl methyl sites for hydroxylation is 1. The molecule has 3 heterocycles. The van der Waals surface area contributed by atoms with Crippen LogP contribution >= 0.6 is 36.2 Å². The molecule has 0 radical (unpaired) electrons. The minimum absolute atomic E-state index is 0. The summed E-state index contributed by atoms with van der Waals surface area (Å²) in [6.45, 7) is 6.48. The first kappa shape index (κ1) is 22.9. The predicted molar refractivity (Wildman–Crippen MR) is 118 cm³/mol. The molecule has 2 aromatic rings. The number of thiazole rings is 1. The van der Waals surface area contributed by atoms with Crippen molar-refractivity contribution >= 4 is 42.1 Å². The number of benzene rings is 1. The number of ether oxygens (including phenoxy) is 1. The summed E-state index contributed by atoms with van der Waals surface area (Å²) >= 11 is 1.51. The molecule has 1 amide bonds. The highest BCUT2D eigenvalue weighted by atomic mass is 35.5. The van der Waals surface area contributed by atoms with Crippen molar-refractivity contribution in [1.29, 1.82) is 0 Å². The van der Waals surface area contributed by atoms with Crippen molar-refractivity contribution in [2.75, 3.05) is 19.7 Å². The fourth-order valence-electron chi connectivity index (χ4n) is 4.01. The van der Waals surface area contributed by atoms with Crippen LogP contribution in [0.4, 0.5) is 0 Å². The first-order chi connectivity index (χ1) is 12.7. The van der Waals surface area contributed by atoms with Crippen LogP contribution in [0.3, 0.4) is 0 Å². The Kier molecular flexibility index (Phi) is 8.13. The van der Waals surface area contributed by atoms with Gasteiger partial charge in [-0.15, -0.1) is 36.2 Å². The van der Waals surface area contributed by atoms with Crippen molar-refractivity contribution in [3.8, 4) is 16.3 Å². The largest absolute Gasteiger partial charge is 0.494 e. The van der Waals surface area contributed by atoms with Gasteiger partial charge in [0, 0.05) is 24.2 Å². The van der Waals surface area contributed by atoms with E-state index in [0.29, 0.717) is 18.7 Å². The van der Waals surface area contributed by atoms with Crippen LogP contribution in [0, 0.1) is 6.92 Å². The van der Waals surface area contributed by atoms with E-state index >= 15 is 0 Å². The Labute approximate surface area is 182 Å². The molecule has 4 rings (SSSR count). The lowest BCUT2D eigenvalue weighted by molar-refractivity contribution is 0.0684. The molecule has 2 atom stereocenters. The van der Waals surface area contributed by atoms with Crippen LogP contribution in [-0.4, -0.2) is 47.6 Å². The molecular weight excluding hydrogens is 417 g/mol. The summed E-state index contributed by atoms with van der Waals surface area (Å²) in [5.41, 5.74) is 1.86. The molecule has 2 aliphatic rings. The van der Waals surface area contributed by atoms with Crippen molar-refractivity contribution in [2.24, 2.45) is 0 Å². The van der Waals surface area contributed by atoms with Gasteiger partial charge in [0.2, 0.25) is 0 Å². The van der Waals surface area contributed by atoms with E-state index in [1.54, 1.807) is 0 Å². The molecule has 28 heavy (non-hydrogen) atoms. The van der Waals surface area contributed by atoms with E-state index in [-0.39, 0.29) is 30.7 Å². The maximum atomic E-state index is 13.3. The van der Waals surface area contributed by atoms with Gasteiger partial charge in [0.25, 0.3) is 5.91 Å². The van der Waals surface area contributed by atoms with Gasteiger partial charge in [-0.1, -0.05) is 0 Å². The average molecular weight is 444 g/mol. The van der Waals surface area contributed by atoms with Gasteiger partial charge < -0.3 is 15.0 Å². The molecular formula is C20H27Cl2N3O2S. The fourth-order valence-corrected chi connectivity index (χ4v) is 5.03. The van der Waals surface area contributed by atoms with Gasteiger partial charge >= 0.3 is 0 Å². The summed E-state index contributed by atoms with van der Waals surface area (Å²) in [5, 5.41) is 4.36. The van der Waals surface area contributed by atoms with Crippen LogP contribution < -0.4 is 10.1 Å². The fraction of sp³-hybridized carbons (Fsp3) is 0.500.